The summed E-state index contributed by atoms with van der Waals surface area (Å²) in [6.45, 7) is 12.0. The number of hydrogen-bond donors (Lipinski definition) is 2. The number of carboxylic acids is 1. The Morgan fingerprint density at radius 1 is 1.17 bits per heavy atom. The van der Waals surface area contributed by atoms with Gasteiger partial charge in [0.15, 0.2) is 0 Å². The van der Waals surface area contributed by atoms with Gasteiger partial charge in [0, 0.05) is 11.1 Å². The fraction of sp³-hybridized carbons (Fsp3) is 0.417. The fourth-order valence-corrected chi connectivity index (χ4v) is 0.454. The highest BCUT2D eigenvalue weighted by Crippen LogP contribution is 1.91. The van der Waals surface area contributed by atoms with E-state index in [-0.39, 0.29) is 17.7 Å². The molecule has 18 heavy (non-hydrogen) atoms. The van der Waals surface area contributed by atoms with Crippen LogP contribution in [-0.2, 0) is 19.1 Å². The number of esters is 2. The van der Waals surface area contributed by atoms with E-state index in [1.807, 2.05) is 6.92 Å². The predicted octanol–water partition coefficient (Wildman–Crippen LogP) is 0.889. The summed E-state index contributed by atoms with van der Waals surface area (Å²) in [7, 11) is 0. The van der Waals surface area contributed by atoms with Crippen molar-refractivity contribution in [3.05, 3.63) is 24.3 Å². The van der Waals surface area contributed by atoms with Crippen LogP contribution < -0.4 is 5.32 Å². The Morgan fingerprint density at radius 3 is 1.89 bits per heavy atom. The van der Waals surface area contributed by atoms with Gasteiger partial charge >= 0.3 is 17.9 Å². The topological polar surface area (TPSA) is 92.7 Å². The van der Waals surface area contributed by atoms with Gasteiger partial charge in [0.25, 0.3) is 0 Å². The number of hydrogen-bond acceptors (Lipinski definition) is 5. The second kappa shape index (κ2) is 10.2. The Balaban J connectivity index is 0. The molecule has 102 valence electrons. The average Bonchev–Trinajstić information content (AvgIpc) is 2.26. The fourth-order valence-electron chi connectivity index (χ4n) is 0.454. The van der Waals surface area contributed by atoms with Crippen molar-refractivity contribution < 1.29 is 24.2 Å². The molecule has 0 aliphatic rings. The van der Waals surface area contributed by atoms with Crippen molar-refractivity contribution in [2.24, 2.45) is 0 Å². The first-order chi connectivity index (χ1) is 8.22. The van der Waals surface area contributed by atoms with Crippen molar-refractivity contribution in [2.75, 3.05) is 13.1 Å². The highest BCUT2D eigenvalue weighted by atomic mass is 16.6. The van der Waals surface area contributed by atoms with E-state index < -0.39 is 17.9 Å². The van der Waals surface area contributed by atoms with Crippen LogP contribution in [0.1, 0.15) is 20.8 Å². The van der Waals surface area contributed by atoms with E-state index in [0.29, 0.717) is 6.54 Å². The van der Waals surface area contributed by atoms with E-state index in [4.69, 9.17) is 5.11 Å². The van der Waals surface area contributed by atoms with Crippen LogP contribution in [-0.4, -0.2) is 36.1 Å². The summed E-state index contributed by atoms with van der Waals surface area (Å²) in [5.74, 6) is -2.18. The standard InChI is InChI=1S/C8H13NO3.C4H6O2/c1-4-9-5-7(10)12-8(11)6(2)3;1-3(2)4(5)6/h9H,2,4-5H2,1,3H3;1H2,2H3,(H,5,6). The third-order valence-electron chi connectivity index (χ3n) is 1.44. The third kappa shape index (κ3) is 12.1. The zero-order valence-corrected chi connectivity index (χ0v) is 10.9. The van der Waals surface area contributed by atoms with Crippen molar-refractivity contribution in [3.8, 4) is 0 Å². The summed E-state index contributed by atoms with van der Waals surface area (Å²) in [4.78, 5) is 31.1. The number of rotatable bonds is 5. The molecule has 0 unspecified atom stereocenters. The molecule has 0 aromatic rings. The first-order valence-electron chi connectivity index (χ1n) is 5.22. The first-order valence-corrected chi connectivity index (χ1v) is 5.22. The maximum atomic E-state index is 10.8. The molecule has 2 N–H and O–H groups in total. The molecule has 0 radical (unpaired) electrons. The molecule has 0 aromatic heterocycles. The number of carboxylic acid groups (broad SMARTS) is 1. The number of aliphatic carboxylic acids is 1. The van der Waals surface area contributed by atoms with Gasteiger partial charge in [0.2, 0.25) is 0 Å². The molecule has 0 aliphatic carbocycles. The number of likely N-dealkylation sites (N-methyl/N-ethyl adjacent to an activating group) is 1. The smallest absolute Gasteiger partial charge is 0.340 e. The maximum Gasteiger partial charge on any atom is 0.340 e. The van der Waals surface area contributed by atoms with Gasteiger partial charge in [-0.2, -0.15) is 0 Å². The Morgan fingerprint density at radius 2 is 1.61 bits per heavy atom. The highest BCUT2D eigenvalue weighted by molar-refractivity contribution is 5.95. The predicted molar refractivity (Wildman–Crippen MR) is 66.9 cm³/mol. The Bertz CT molecular complexity index is 334. The molecule has 0 heterocycles. The number of carbonyl (C=O) groups excluding carboxylic acids is 2. The summed E-state index contributed by atoms with van der Waals surface area (Å²) >= 11 is 0. The molecule has 0 aromatic carbocycles. The molecular weight excluding hydrogens is 238 g/mol. The molecule has 0 fully saturated rings. The van der Waals surface area contributed by atoms with E-state index in [1.54, 1.807) is 0 Å². The van der Waals surface area contributed by atoms with Crippen LogP contribution >= 0.6 is 0 Å². The van der Waals surface area contributed by atoms with E-state index in [1.165, 1.54) is 13.8 Å². The quantitative estimate of drug-likeness (QED) is 0.431. The lowest BCUT2D eigenvalue weighted by atomic mass is 10.4. The molecular formula is C12H19NO5. The molecule has 0 spiro atoms. The normalized spacial score (nSPS) is 8.61. The number of nitrogens with one attached hydrogen (secondary N) is 1. The third-order valence-corrected chi connectivity index (χ3v) is 1.44. The van der Waals surface area contributed by atoms with E-state index >= 15 is 0 Å². The monoisotopic (exact) mass is 257 g/mol. The zero-order valence-electron chi connectivity index (χ0n) is 10.9. The van der Waals surface area contributed by atoms with Crippen LogP contribution in [0.4, 0.5) is 0 Å². The SMILES string of the molecule is C=C(C)C(=O)O.C=C(C)C(=O)OC(=O)CNCC. The van der Waals surface area contributed by atoms with Crippen molar-refractivity contribution >= 4 is 17.9 Å². The molecule has 0 rings (SSSR count). The van der Waals surface area contributed by atoms with Crippen molar-refractivity contribution in [2.45, 2.75) is 20.8 Å². The van der Waals surface area contributed by atoms with Crippen LogP contribution in [0.2, 0.25) is 0 Å². The first kappa shape index (κ1) is 18.4. The molecule has 0 bridgehead atoms. The zero-order chi connectivity index (χ0) is 14.7. The second-order valence-electron chi connectivity index (χ2n) is 3.41. The van der Waals surface area contributed by atoms with Crippen LogP contribution in [0.5, 0.6) is 0 Å². The minimum Gasteiger partial charge on any atom is -0.478 e. The highest BCUT2D eigenvalue weighted by Gasteiger charge is 2.09. The molecule has 0 aliphatic heterocycles. The average molecular weight is 257 g/mol. The van der Waals surface area contributed by atoms with Crippen LogP contribution in [0, 0.1) is 0 Å². The van der Waals surface area contributed by atoms with Gasteiger partial charge in [0.1, 0.15) is 0 Å². The van der Waals surface area contributed by atoms with Gasteiger partial charge in [-0.25, -0.2) is 9.59 Å². The maximum absolute atomic E-state index is 10.8. The van der Waals surface area contributed by atoms with Crippen molar-refractivity contribution in [1.29, 1.82) is 0 Å². The molecule has 0 amide bonds. The molecule has 0 saturated heterocycles. The van der Waals surface area contributed by atoms with Gasteiger partial charge < -0.3 is 15.2 Å². The summed E-state index contributed by atoms with van der Waals surface area (Å²) in [5, 5.41) is 10.6. The molecule has 6 nitrogen and oxygen atoms in total. The molecule has 0 saturated carbocycles. The second-order valence-corrected chi connectivity index (χ2v) is 3.41. The molecule has 6 heteroatoms. The Kier molecular flexibility index (Phi) is 10.5. The van der Waals surface area contributed by atoms with Crippen molar-refractivity contribution in [1.82, 2.24) is 5.32 Å². The van der Waals surface area contributed by atoms with Gasteiger partial charge in [-0.3, -0.25) is 4.79 Å². The minimum atomic E-state index is -0.935. The van der Waals surface area contributed by atoms with Crippen molar-refractivity contribution in [3.63, 3.8) is 0 Å². The van der Waals surface area contributed by atoms with E-state index in [0.717, 1.165) is 0 Å². The Hall–Kier alpha value is -1.95. The van der Waals surface area contributed by atoms with Gasteiger partial charge in [0.05, 0.1) is 6.54 Å². The van der Waals surface area contributed by atoms with E-state index in [2.05, 4.69) is 23.2 Å². The van der Waals surface area contributed by atoms with Gasteiger partial charge in [-0.05, 0) is 20.4 Å². The van der Waals surface area contributed by atoms with Gasteiger partial charge in [-0.15, -0.1) is 0 Å². The minimum absolute atomic E-state index is 0.0511. The number of carbonyl (C=O) groups is 3. The largest absolute Gasteiger partial charge is 0.478 e. The summed E-state index contributed by atoms with van der Waals surface area (Å²) < 4.78 is 4.37. The van der Waals surface area contributed by atoms with Crippen LogP contribution in [0.25, 0.3) is 0 Å². The summed E-state index contributed by atoms with van der Waals surface area (Å²) in [6, 6.07) is 0. The molecule has 0 atom stereocenters. The summed E-state index contributed by atoms with van der Waals surface area (Å²) in [5.41, 5.74) is 0.398. The number of ether oxygens (including phenoxy) is 1. The Labute approximate surface area is 106 Å². The van der Waals surface area contributed by atoms with Crippen LogP contribution in [0.3, 0.4) is 0 Å². The van der Waals surface area contributed by atoms with E-state index in [9.17, 15) is 14.4 Å². The summed E-state index contributed by atoms with van der Waals surface area (Å²) in [6.07, 6.45) is 0. The van der Waals surface area contributed by atoms with Gasteiger partial charge in [-0.1, -0.05) is 20.1 Å². The van der Waals surface area contributed by atoms with Crippen LogP contribution in [0.15, 0.2) is 24.3 Å². The lowest BCUT2D eigenvalue weighted by Gasteiger charge is -2.01. The lowest BCUT2D eigenvalue weighted by Crippen LogP contribution is -2.26. The lowest BCUT2D eigenvalue weighted by molar-refractivity contribution is -0.156.